The van der Waals surface area contributed by atoms with Crippen LogP contribution in [0.1, 0.15) is 49.9 Å². The number of carbonyl (C=O) groups is 2. The quantitative estimate of drug-likeness (QED) is 0.321. The van der Waals surface area contributed by atoms with Gasteiger partial charge in [0.15, 0.2) is 0 Å². The number of ketones is 1. The minimum atomic E-state index is -0.647. The largest absolute Gasteiger partial charge is 0.507 e. The minimum Gasteiger partial charge on any atom is -0.507 e. The van der Waals surface area contributed by atoms with Crippen molar-refractivity contribution in [2.24, 2.45) is 0 Å². The van der Waals surface area contributed by atoms with E-state index < -0.39 is 17.7 Å². The lowest BCUT2D eigenvalue weighted by molar-refractivity contribution is -0.140. The van der Waals surface area contributed by atoms with Crippen molar-refractivity contribution in [2.45, 2.75) is 45.8 Å². The molecular weight excluding hydrogens is 456 g/mol. The average Bonchev–Trinajstić information content (AvgIpc) is 3.14. The molecule has 2 aliphatic rings. The maximum Gasteiger partial charge on any atom is 0.295 e. The fourth-order valence-electron chi connectivity index (χ4n) is 4.80. The molecule has 0 aliphatic carbocycles. The van der Waals surface area contributed by atoms with Crippen molar-refractivity contribution in [1.29, 1.82) is 0 Å². The number of nitrogens with zero attached hydrogens (tertiary/aromatic N) is 2. The summed E-state index contributed by atoms with van der Waals surface area (Å²) in [5.41, 5.74) is 2.60. The van der Waals surface area contributed by atoms with E-state index in [1.54, 1.807) is 29.2 Å². The molecule has 0 aromatic heterocycles. The summed E-state index contributed by atoms with van der Waals surface area (Å²) < 4.78 is 11.1. The Labute approximate surface area is 213 Å². The first-order valence-electron chi connectivity index (χ1n) is 12.8. The summed E-state index contributed by atoms with van der Waals surface area (Å²) >= 11 is 0. The molecule has 0 unspecified atom stereocenters. The zero-order valence-corrected chi connectivity index (χ0v) is 21.4. The van der Waals surface area contributed by atoms with Gasteiger partial charge in [0.2, 0.25) is 0 Å². The lowest BCUT2D eigenvalue weighted by Crippen LogP contribution is -2.38. The standard InChI is InChI=1S/C29H36N2O5/c1-4-21-6-8-22(9-7-21)26-25(27(32)23-10-12-24(13-11-23)36-20(2)3)28(33)29(34)31(26)15-5-14-30-16-18-35-19-17-30/h6-13,20,26,32H,4-5,14-19H2,1-3H3/t26-/m1/s1. The fourth-order valence-corrected chi connectivity index (χ4v) is 4.80. The molecule has 2 aliphatic heterocycles. The summed E-state index contributed by atoms with van der Waals surface area (Å²) in [4.78, 5) is 30.4. The number of Topliss-reactive ketones (excluding diaryl/α,β-unsaturated/α-hetero) is 1. The molecule has 7 nitrogen and oxygen atoms in total. The molecular formula is C29H36N2O5. The van der Waals surface area contributed by atoms with Gasteiger partial charge >= 0.3 is 0 Å². The van der Waals surface area contributed by atoms with Crippen molar-refractivity contribution in [3.8, 4) is 5.75 Å². The molecule has 2 heterocycles. The Kier molecular flexibility index (Phi) is 8.44. The minimum absolute atomic E-state index is 0.0262. The third-order valence-corrected chi connectivity index (χ3v) is 6.72. The Balaban J connectivity index is 1.65. The molecule has 0 spiro atoms. The van der Waals surface area contributed by atoms with Crippen molar-refractivity contribution in [3.63, 3.8) is 0 Å². The normalized spacial score (nSPS) is 20.3. The molecule has 4 rings (SSSR count). The number of aryl methyl sites for hydroxylation is 1. The summed E-state index contributed by atoms with van der Waals surface area (Å²) in [6.45, 7) is 10.4. The van der Waals surface area contributed by atoms with E-state index in [2.05, 4.69) is 11.8 Å². The summed E-state index contributed by atoms with van der Waals surface area (Å²) in [6, 6.07) is 14.3. The fraction of sp³-hybridized carbons (Fsp3) is 0.448. The number of hydrogen-bond acceptors (Lipinski definition) is 6. The molecule has 2 saturated heterocycles. The van der Waals surface area contributed by atoms with E-state index in [-0.39, 0.29) is 17.4 Å². The van der Waals surface area contributed by atoms with Crippen LogP contribution in [0.3, 0.4) is 0 Å². The molecule has 192 valence electrons. The van der Waals surface area contributed by atoms with Crippen molar-refractivity contribution < 1.29 is 24.2 Å². The first kappa shape index (κ1) is 25.9. The van der Waals surface area contributed by atoms with Crippen LogP contribution in [0.5, 0.6) is 5.75 Å². The highest BCUT2D eigenvalue weighted by Gasteiger charge is 2.45. The lowest BCUT2D eigenvalue weighted by Gasteiger charge is -2.29. The van der Waals surface area contributed by atoms with E-state index in [9.17, 15) is 14.7 Å². The second kappa shape index (κ2) is 11.7. The third kappa shape index (κ3) is 5.79. The molecule has 0 radical (unpaired) electrons. The number of aliphatic hydroxyl groups excluding tert-OH is 1. The van der Waals surface area contributed by atoms with E-state index in [1.807, 2.05) is 38.1 Å². The van der Waals surface area contributed by atoms with Crippen molar-refractivity contribution in [2.75, 3.05) is 39.4 Å². The predicted octanol–water partition coefficient (Wildman–Crippen LogP) is 4.18. The van der Waals surface area contributed by atoms with Crippen LogP contribution in [-0.2, 0) is 20.7 Å². The number of ether oxygens (including phenoxy) is 2. The Bertz CT molecular complexity index is 1090. The van der Waals surface area contributed by atoms with Gasteiger partial charge in [-0.1, -0.05) is 31.2 Å². The van der Waals surface area contributed by atoms with E-state index in [4.69, 9.17) is 9.47 Å². The molecule has 0 bridgehead atoms. The van der Waals surface area contributed by atoms with Gasteiger partial charge in [0.25, 0.3) is 11.7 Å². The second-order valence-electron chi connectivity index (χ2n) is 9.59. The van der Waals surface area contributed by atoms with Crippen LogP contribution < -0.4 is 4.74 Å². The van der Waals surface area contributed by atoms with Gasteiger partial charge < -0.3 is 19.5 Å². The van der Waals surface area contributed by atoms with Gasteiger partial charge in [-0.25, -0.2) is 0 Å². The van der Waals surface area contributed by atoms with Crippen LogP contribution in [0.25, 0.3) is 5.76 Å². The molecule has 1 N–H and O–H groups in total. The zero-order valence-electron chi connectivity index (χ0n) is 21.4. The predicted molar refractivity (Wildman–Crippen MR) is 139 cm³/mol. The summed E-state index contributed by atoms with van der Waals surface area (Å²) in [5, 5.41) is 11.3. The van der Waals surface area contributed by atoms with E-state index >= 15 is 0 Å². The van der Waals surface area contributed by atoms with Gasteiger partial charge in [-0.05, 0) is 62.1 Å². The second-order valence-corrected chi connectivity index (χ2v) is 9.59. The third-order valence-electron chi connectivity index (χ3n) is 6.72. The van der Waals surface area contributed by atoms with Gasteiger partial charge in [-0.3, -0.25) is 14.5 Å². The van der Waals surface area contributed by atoms with Crippen molar-refractivity contribution in [1.82, 2.24) is 9.80 Å². The summed E-state index contributed by atoms with van der Waals surface area (Å²) in [6.07, 6.45) is 1.65. The molecule has 0 saturated carbocycles. The van der Waals surface area contributed by atoms with Crippen LogP contribution in [0.15, 0.2) is 54.1 Å². The van der Waals surface area contributed by atoms with E-state index in [0.29, 0.717) is 17.9 Å². The van der Waals surface area contributed by atoms with Gasteiger partial charge in [-0.15, -0.1) is 0 Å². The molecule has 1 atom stereocenters. The topological polar surface area (TPSA) is 79.3 Å². The van der Waals surface area contributed by atoms with Crippen LogP contribution in [0.2, 0.25) is 0 Å². The molecule has 2 aromatic rings. The van der Waals surface area contributed by atoms with Crippen LogP contribution in [0, 0.1) is 0 Å². The molecule has 7 heteroatoms. The average molecular weight is 493 g/mol. The van der Waals surface area contributed by atoms with Crippen LogP contribution in [0.4, 0.5) is 0 Å². The number of aliphatic hydroxyl groups is 1. The Morgan fingerprint density at radius 1 is 1.03 bits per heavy atom. The summed E-state index contributed by atoms with van der Waals surface area (Å²) in [5.74, 6) is -0.699. The highest BCUT2D eigenvalue weighted by Crippen LogP contribution is 2.39. The van der Waals surface area contributed by atoms with E-state index in [1.165, 1.54) is 5.56 Å². The van der Waals surface area contributed by atoms with Gasteiger partial charge in [0.1, 0.15) is 11.5 Å². The Morgan fingerprint density at radius 3 is 2.31 bits per heavy atom. The number of morpholine rings is 1. The monoisotopic (exact) mass is 492 g/mol. The molecule has 2 fully saturated rings. The maximum atomic E-state index is 13.3. The first-order valence-corrected chi connectivity index (χ1v) is 12.8. The summed E-state index contributed by atoms with van der Waals surface area (Å²) in [7, 11) is 0. The van der Waals surface area contributed by atoms with Crippen LogP contribution >= 0.6 is 0 Å². The molecule has 1 amide bonds. The van der Waals surface area contributed by atoms with Crippen molar-refractivity contribution in [3.05, 3.63) is 70.8 Å². The van der Waals surface area contributed by atoms with Gasteiger partial charge in [-0.2, -0.15) is 0 Å². The molecule has 2 aromatic carbocycles. The zero-order chi connectivity index (χ0) is 25.7. The number of amides is 1. The smallest absolute Gasteiger partial charge is 0.295 e. The van der Waals surface area contributed by atoms with Crippen LogP contribution in [-0.4, -0.2) is 72.1 Å². The highest BCUT2D eigenvalue weighted by atomic mass is 16.5. The number of rotatable bonds is 9. The molecule has 36 heavy (non-hydrogen) atoms. The SMILES string of the molecule is CCc1ccc([C@@H]2C(=C(O)c3ccc(OC(C)C)cc3)C(=O)C(=O)N2CCCN2CCOCC2)cc1. The van der Waals surface area contributed by atoms with E-state index in [0.717, 1.165) is 51.3 Å². The Hall–Kier alpha value is -3.16. The van der Waals surface area contributed by atoms with Gasteiger partial charge in [0.05, 0.1) is 30.9 Å². The maximum absolute atomic E-state index is 13.3. The highest BCUT2D eigenvalue weighted by molar-refractivity contribution is 6.46. The number of likely N-dealkylation sites (tertiary alicyclic amines) is 1. The van der Waals surface area contributed by atoms with Gasteiger partial charge in [0, 0.05) is 31.7 Å². The number of hydrogen-bond donors (Lipinski definition) is 1. The number of carbonyl (C=O) groups excluding carboxylic acids is 2. The Morgan fingerprint density at radius 2 is 1.69 bits per heavy atom. The van der Waals surface area contributed by atoms with Crippen molar-refractivity contribution >= 4 is 17.4 Å². The number of benzene rings is 2. The lowest BCUT2D eigenvalue weighted by atomic mass is 9.94. The first-order chi connectivity index (χ1) is 17.4.